The fourth-order valence-electron chi connectivity index (χ4n) is 2.95. The Labute approximate surface area is 142 Å². The number of hydrogen-bond acceptors (Lipinski definition) is 2. The van der Waals surface area contributed by atoms with Gasteiger partial charge in [0.2, 0.25) is 5.91 Å². The van der Waals surface area contributed by atoms with Gasteiger partial charge in [-0.2, -0.15) is 0 Å². The summed E-state index contributed by atoms with van der Waals surface area (Å²) in [5.41, 5.74) is 0. The summed E-state index contributed by atoms with van der Waals surface area (Å²) in [6.07, 6.45) is 5.25. The average molecular weight is 325 g/mol. The van der Waals surface area contributed by atoms with Crippen LogP contribution in [-0.2, 0) is 4.79 Å². The molecule has 0 aliphatic carbocycles. The molecular weight excluding hydrogens is 288 g/mol. The second-order valence-electron chi connectivity index (χ2n) is 7.35. The first-order chi connectivity index (χ1) is 10.9. The maximum Gasteiger partial charge on any atom is 0.224 e. The lowest BCUT2D eigenvalue weighted by Gasteiger charge is -2.31. The van der Waals surface area contributed by atoms with E-state index in [1.807, 2.05) is 4.90 Å². The number of nitrogens with one attached hydrogen (secondary N) is 2. The topological polar surface area (TPSA) is 56.7 Å². The Bertz CT molecular complexity index is 381. The van der Waals surface area contributed by atoms with Crippen molar-refractivity contribution in [1.82, 2.24) is 15.5 Å². The van der Waals surface area contributed by atoms with Crippen molar-refractivity contribution in [2.45, 2.75) is 65.8 Å². The van der Waals surface area contributed by atoms with Gasteiger partial charge in [0.05, 0.1) is 0 Å². The lowest BCUT2D eigenvalue weighted by Crippen LogP contribution is -2.44. The molecule has 1 heterocycles. The van der Waals surface area contributed by atoms with Gasteiger partial charge in [-0.1, -0.05) is 20.8 Å². The number of carbonyl (C=O) groups excluding carboxylic acids is 1. The van der Waals surface area contributed by atoms with E-state index in [2.05, 4.69) is 43.3 Å². The zero-order chi connectivity index (χ0) is 17.2. The van der Waals surface area contributed by atoms with Crippen LogP contribution in [0.5, 0.6) is 0 Å². The molecular formula is C18H36N4O. The summed E-state index contributed by atoms with van der Waals surface area (Å²) in [5.74, 6) is 2.41. The smallest absolute Gasteiger partial charge is 0.224 e. The molecule has 1 amide bonds. The first-order valence-electron chi connectivity index (χ1n) is 9.17. The lowest BCUT2D eigenvalue weighted by molar-refractivity contribution is -0.132. The van der Waals surface area contributed by atoms with Crippen LogP contribution >= 0.6 is 0 Å². The molecule has 0 bridgehead atoms. The third kappa shape index (κ3) is 8.24. The highest BCUT2D eigenvalue weighted by atomic mass is 16.2. The number of carbonyl (C=O) groups is 1. The van der Waals surface area contributed by atoms with Crippen molar-refractivity contribution in [3.8, 4) is 0 Å². The van der Waals surface area contributed by atoms with Crippen LogP contribution in [0.3, 0.4) is 0 Å². The number of guanidine groups is 1. The minimum absolute atomic E-state index is 0.257. The summed E-state index contributed by atoms with van der Waals surface area (Å²) in [6.45, 7) is 11.4. The molecule has 0 aromatic rings. The third-order valence-corrected chi connectivity index (χ3v) is 4.42. The van der Waals surface area contributed by atoms with Crippen molar-refractivity contribution in [2.24, 2.45) is 16.8 Å². The highest BCUT2D eigenvalue weighted by Crippen LogP contribution is 2.15. The van der Waals surface area contributed by atoms with Gasteiger partial charge in [0.25, 0.3) is 0 Å². The number of hydrogen-bond donors (Lipinski definition) is 2. The number of piperidine rings is 1. The standard InChI is InChI=1S/C18H36N4O/c1-14(2)8-9-16(4)21-18(19-5)20-11-10-17(23)22-12-6-7-15(3)13-22/h14-16H,6-13H2,1-5H3,(H2,19,20,21). The summed E-state index contributed by atoms with van der Waals surface area (Å²) in [5, 5.41) is 6.66. The molecule has 5 nitrogen and oxygen atoms in total. The summed E-state index contributed by atoms with van der Waals surface area (Å²) < 4.78 is 0. The van der Waals surface area contributed by atoms with Gasteiger partial charge in [-0.15, -0.1) is 0 Å². The Kier molecular flexibility index (Phi) is 9.03. The molecule has 0 radical (unpaired) electrons. The molecule has 5 heteroatoms. The minimum Gasteiger partial charge on any atom is -0.356 e. The zero-order valence-electron chi connectivity index (χ0n) is 15.7. The molecule has 1 saturated heterocycles. The molecule has 0 saturated carbocycles. The molecule has 1 rings (SSSR count). The monoisotopic (exact) mass is 324 g/mol. The summed E-state index contributed by atoms with van der Waals surface area (Å²) in [4.78, 5) is 18.5. The molecule has 2 unspecified atom stereocenters. The molecule has 1 aliphatic rings. The van der Waals surface area contributed by atoms with Crippen LogP contribution in [0.25, 0.3) is 0 Å². The number of nitrogens with zero attached hydrogens (tertiary/aromatic N) is 2. The number of rotatable bonds is 7. The first kappa shape index (κ1) is 19.8. The van der Waals surface area contributed by atoms with E-state index < -0.39 is 0 Å². The van der Waals surface area contributed by atoms with E-state index in [0.717, 1.165) is 37.8 Å². The molecule has 134 valence electrons. The van der Waals surface area contributed by atoms with Gasteiger partial charge in [0.15, 0.2) is 5.96 Å². The SMILES string of the molecule is CN=C(NCCC(=O)N1CCCC(C)C1)NC(C)CCC(C)C. The van der Waals surface area contributed by atoms with Crippen LogP contribution in [0.15, 0.2) is 4.99 Å². The minimum atomic E-state index is 0.257. The van der Waals surface area contributed by atoms with Crippen LogP contribution in [-0.4, -0.2) is 49.5 Å². The van der Waals surface area contributed by atoms with E-state index in [1.54, 1.807) is 7.05 Å². The second-order valence-corrected chi connectivity index (χ2v) is 7.35. The fourth-order valence-corrected chi connectivity index (χ4v) is 2.95. The van der Waals surface area contributed by atoms with Gasteiger partial charge >= 0.3 is 0 Å². The van der Waals surface area contributed by atoms with E-state index in [0.29, 0.717) is 24.9 Å². The fraction of sp³-hybridized carbons (Fsp3) is 0.889. The van der Waals surface area contributed by atoms with Gasteiger partial charge < -0.3 is 15.5 Å². The second kappa shape index (κ2) is 10.5. The van der Waals surface area contributed by atoms with E-state index >= 15 is 0 Å². The Balaban J connectivity index is 2.25. The largest absolute Gasteiger partial charge is 0.356 e. The quantitative estimate of drug-likeness (QED) is 0.559. The van der Waals surface area contributed by atoms with Crippen LogP contribution in [0.4, 0.5) is 0 Å². The predicted octanol–water partition coefficient (Wildman–Crippen LogP) is 2.62. The van der Waals surface area contributed by atoms with Crippen molar-refractivity contribution >= 4 is 11.9 Å². The van der Waals surface area contributed by atoms with Crippen LogP contribution < -0.4 is 10.6 Å². The van der Waals surface area contributed by atoms with E-state index in [1.165, 1.54) is 12.8 Å². The highest BCUT2D eigenvalue weighted by Gasteiger charge is 2.20. The van der Waals surface area contributed by atoms with Crippen LogP contribution in [0.2, 0.25) is 0 Å². The molecule has 2 atom stereocenters. The molecule has 0 aromatic heterocycles. The van der Waals surface area contributed by atoms with Gasteiger partial charge in [-0.05, 0) is 44.4 Å². The normalized spacial score (nSPS) is 20.5. The number of likely N-dealkylation sites (tertiary alicyclic amines) is 1. The maximum absolute atomic E-state index is 12.2. The van der Waals surface area contributed by atoms with Crippen molar-refractivity contribution in [2.75, 3.05) is 26.7 Å². The average Bonchev–Trinajstić information content (AvgIpc) is 2.51. The molecule has 1 aliphatic heterocycles. The Morgan fingerprint density at radius 2 is 2.04 bits per heavy atom. The molecule has 0 spiro atoms. The van der Waals surface area contributed by atoms with E-state index in [4.69, 9.17) is 0 Å². The van der Waals surface area contributed by atoms with Gasteiger partial charge in [0, 0.05) is 39.1 Å². The Hall–Kier alpha value is -1.26. The van der Waals surface area contributed by atoms with Crippen molar-refractivity contribution in [3.63, 3.8) is 0 Å². The number of amides is 1. The van der Waals surface area contributed by atoms with Crippen LogP contribution in [0, 0.1) is 11.8 Å². The summed E-state index contributed by atoms with van der Waals surface area (Å²) >= 11 is 0. The van der Waals surface area contributed by atoms with Gasteiger partial charge in [0.1, 0.15) is 0 Å². The number of aliphatic imine (C=N–C) groups is 1. The van der Waals surface area contributed by atoms with Crippen molar-refractivity contribution < 1.29 is 4.79 Å². The van der Waals surface area contributed by atoms with E-state index in [9.17, 15) is 4.79 Å². The zero-order valence-corrected chi connectivity index (χ0v) is 15.7. The lowest BCUT2D eigenvalue weighted by atomic mass is 10.00. The van der Waals surface area contributed by atoms with Gasteiger partial charge in [-0.3, -0.25) is 9.79 Å². The van der Waals surface area contributed by atoms with Crippen molar-refractivity contribution in [1.29, 1.82) is 0 Å². The Morgan fingerprint density at radius 3 is 2.65 bits per heavy atom. The van der Waals surface area contributed by atoms with Crippen LogP contribution in [0.1, 0.15) is 59.8 Å². The predicted molar refractivity (Wildman–Crippen MR) is 97.6 cm³/mol. The summed E-state index contributed by atoms with van der Waals surface area (Å²) in [6, 6.07) is 0.391. The van der Waals surface area contributed by atoms with E-state index in [-0.39, 0.29) is 5.91 Å². The molecule has 0 aromatic carbocycles. The maximum atomic E-state index is 12.2. The molecule has 2 N–H and O–H groups in total. The molecule has 1 fully saturated rings. The highest BCUT2D eigenvalue weighted by molar-refractivity contribution is 5.81. The first-order valence-corrected chi connectivity index (χ1v) is 9.17. The summed E-state index contributed by atoms with van der Waals surface area (Å²) in [7, 11) is 1.78. The van der Waals surface area contributed by atoms with Crippen molar-refractivity contribution in [3.05, 3.63) is 0 Å². The van der Waals surface area contributed by atoms with Gasteiger partial charge in [-0.25, -0.2) is 0 Å². The third-order valence-electron chi connectivity index (χ3n) is 4.42. The Morgan fingerprint density at radius 1 is 1.30 bits per heavy atom. The molecule has 23 heavy (non-hydrogen) atoms.